The van der Waals surface area contributed by atoms with E-state index in [0.29, 0.717) is 18.8 Å². The summed E-state index contributed by atoms with van der Waals surface area (Å²) in [4.78, 5) is 10.2. The van der Waals surface area contributed by atoms with Crippen LogP contribution in [-0.4, -0.2) is 23.5 Å². The van der Waals surface area contributed by atoms with Gasteiger partial charge in [0.1, 0.15) is 5.60 Å². The number of hydrogen-bond acceptors (Lipinski definition) is 3. The fourth-order valence-corrected chi connectivity index (χ4v) is 2.21. The van der Waals surface area contributed by atoms with E-state index in [1.807, 2.05) is 27.7 Å². The third kappa shape index (κ3) is 9.76. The third-order valence-electron chi connectivity index (χ3n) is 2.37. The predicted octanol–water partition coefficient (Wildman–Crippen LogP) is 4.06. The van der Waals surface area contributed by atoms with Gasteiger partial charge in [-0.2, -0.15) is 0 Å². The molecule has 0 unspecified atom stereocenters. The Morgan fingerprint density at radius 3 is 1.79 bits per heavy atom. The molecule has 0 bridgehead atoms. The first-order chi connectivity index (χ1) is 8.22. The fourth-order valence-electron chi connectivity index (χ4n) is 2.21. The summed E-state index contributed by atoms with van der Waals surface area (Å²) in [7, 11) is 0. The van der Waals surface area contributed by atoms with Crippen molar-refractivity contribution in [2.45, 2.75) is 71.9 Å². The van der Waals surface area contributed by atoms with Crippen molar-refractivity contribution in [1.82, 2.24) is 0 Å². The van der Waals surface area contributed by atoms with Crippen LogP contribution in [0.5, 0.6) is 0 Å². The summed E-state index contributed by atoms with van der Waals surface area (Å²) in [5.74, 6) is 0.139. The fraction of sp³-hybridized carbons (Fsp3) is 0.923. The molecule has 1 fully saturated rings. The summed E-state index contributed by atoms with van der Waals surface area (Å²) < 4.78 is 43.8. The van der Waals surface area contributed by atoms with E-state index >= 15 is 0 Å². The molecule has 0 saturated heterocycles. The second kappa shape index (κ2) is 6.11. The zero-order chi connectivity index (χ0) is 15.5. The zero-order valence-corrected chi connectivity index (χ0v) is 12.4. The first-order valence-electron chi connectivity index (χ1n) is 6.19. The monoisotopic (exact) mass is 284 g/mol. The second-order valence-electron chi connectivity index (χ2n) is 6.22. The molecule has 1 aliphatic carbocycles. The molecule has 0 heterocycles. The van der Waals surface area contributed by atoms with Gasteiger partial charge < -0.3 is 4.74 Å². The summed E-state index contributed by atoms with van der Waals surface area (Å²) in [6.45, 7) is 10.4. The van der Waals surface area contributed by atoms with E-state index in [4.69, 9.17) is 4.74 Å². The molecule has 0 aliphatic heterocycles. The maximum Gasteiger partial charge on any atom is 0.523 e. The van der Waals surface area contributed by atoms with Gasteiger partial charge in [-0.15, -0.1) is 13.2 Å². The van der Waals surface area contributed by atoms with Crippen LogP contribution in [0.15, 0.2) is 0 Å². The largest absolute Gasteiger partial charge is 0.523 e. The topological polar surface area (TPSA) is 35.5 Å². The first kappa shape index (κ1) is 18.2. The van der Waals surface area contributed by atoms with E-state index in [9.17, 15) is 18.0 Å². The highest BCUT2D eigenvalue weighted by Gasteiger charge is 2.47. The van der Waals surface area contributed by atoms with Crippen LogP contribution in [0.1, 0.15) is 54.4 Å². The molecule has 6 heteroatoms. The van der Waals surface area contributed by atoms with E-state index in [2.05, 4.69) is 4.74 Å². The molecule has 114 valence electrons. The number of ether oxygens (including phenoxy) is 2. The number of carbonyl (C=O) groups is 1. The molecule has 19 heavy (non-hydrogen) atoms. The molecule has 0 atom stereocenters. The van der Waals surface area contributed by atoms with Gasteiger partial charge in [-0.3, -0.25) is 9.53 Å². The van der Waals surface area contributed by atoms with Crippen molar-refractivity contribution >= 4 is 5.97 Å². The zero-order valence-electron chi connectivity index (χ0n) is 12.4. The third-order valence-corrected chi connectivity index (χ3v) is 2.37. The van der Waals surface area contributed by atoms with Crippen LogP contribution < -0.4 is 0 Å². The first-order valence-corrected chi connectivity index (χ1v) is 6.19. The number of hydrogen-bond donors (Lipinski definition) is 0. The molecule has 0 aromatic rings. The number of esters is 1. The Labute approximate surface area is 112 Å². The summed E-state index contributed by atoms with van der Waals surface area (Å²) in [5.41, 5.74) is -1.27. The minimum atomic E-state index is -4.48. The Morgan fingerprint density at radius 1 is 1.21 bits per heavy atom. The van der Waals surface area contributed by atoms with Crippen molar-refractivity contribution in [1.29, 1.82) is 0 Å². The summed E-state index contributed by atoms with van der Waals surface area (Å²) >= 11 is 0. The van der Waals surface area contributed by atoms with Crippen LogP contribution in [0.4, 0.5) is 13.2 Å². The van der Waals surface area contributed by atoms with Crippen molar-refractivity contribution in [2.24, 2.45) is 5.92 Å². The van der Waals surface area contributed by atoms with Gasteiger partial charge in [-0.05, 0) is 46.5 Å². The standard InChI is InChI=1S/C7H11F3O.C6H12O2/c1-5-3-6(2,4-5)11-7(8,9)10;1-5(7)8-6(2,3)4/h5H,3-4H2,1-2H3;1-4H3. The van der Waals surface area contributed by atoms with Crippen LogP contribution in [0.2, 0.25) is 0 Å². The quantitative estimate of drug-likeness (QED) is 0.681. The average Bonchev–Trinajstić information content (AvgIpc) is 1.91. The molecule has 1 saturated carbocycles. The molecular weight excluding hydrogens is 261 g/mol. The average molecular weight is 284 g/mol. The SMILES string of the molecule is CC(=O)OC(C)(C)C.CC1CC(C)(OC(F)(F)F)C1. The van der Waals surface area contributed by atoms with E-state index in [1.165, 1.54) is 13.8 Å². The van der Waals surface area contributed by atoms with Gasteiger partial charge in [0.15, 0.2) is 0 Å². The smallest absolute Gasteiger partial charge is 0.460 e. The molecule has 0 spiro atoms. The van der Waals surface area contributed by atoms with Gasteiger partial charge in [0.25, 0.3) is 0 Å². The van der Waals surface area contributed by atoms with Crippen LogP contribution >= 0.6 is 0 Å². The highest BCUT2D eigenvalue weighted by molar-refractivity contribution is 5.66. The number of halogens is 3. The predicted molar refractivity (Wildman–Crippen MR) is 65.5 cm³/mol. The Bertz CT molecular complexity index is 299. The number of carbonyl (C=O) groups excluding carboxylic acids is 1. The molecule has 0 radical (unpaired) electrons. The van der Waals surface area contributed by atoms with Crippen molar-refractivity contribution in [2.75, 3.05) is 0 Å². The maximum atomic E-state index is 11.7. The lowest BCUT2D eigenvalue weighted by Crippen LogP contribution is -2.45. The van der Waals surface area contributed by atoms with Gasteiger partial charge in [0, 0.05) is 6.92 Å². The Kier molecular flexibility index (Phi) is 5.86. The van der Waals surface area contributed by atoms with Gasteiger partial charge in [0.05, 0.1) is 5.60 Å². The lowest BCUT2D eigenvalue weighted by Gasteiger charge is -2.43. The van der Waals surface area contributed by atoms with E-state index in [-0.39, 0.29) is 11.6 Å². The molecular formula is C13H23F3O3. The van der Waals surface area contributed by atoms with Crippen LogP contribution in [0, 0.1) is 5.92 Å². The van der Waals surface area contributed by atoms with Crippen LogP contribution in [0.3, 0.4) is 0 Å². The molecule has 0 aromatic heterocycles. The second-order valence-corrected chi connectivity index (χ2v) is 6.22. The van der Waals surface area contributed by atoms with Gasteiger partial charge in [0.2, 0.25) is 0 Å². The van der Waals surface area contributed by atoms with Crippen LogP contribution in [-0.2, 0) is 14.3 Å². The van der Waals surface area contributed by atoms with E-state index in [1.54, 1.807) is 0 Å². The van der Waals surface area contributed by atoms with Crippen LogP contribution in [0.25, 0.3) is 0 Å². The highest BCUT2D eigenvalue weighted by atomic mass is 19.4. The molecule has 1 rings (SSSR count). The molecule has 0 aromatic carbocycles. The number of rotatable bonds is 1. The number of alkyl halides is 3. The molecule has 3 nitrogen and oxygen atoms in total. The van der Waals surface area contributed by atoms with Gasteiger partial charge in [-0.25, -0.2) is 0 Å². The molecule has 1 aliphatic rings. The normalized spacial score (nSPS) is 26.9. The lowest BCUT2D eigenvalue weighted by molar-refractivity contribution is -0.379. The minimum Gasteiger partial charge on any atom is -0.460 e. The van der Waals surface area contributed by atoms with Gasteiger partial charge in [-0.1, -0.05) is 6.92 Å². The highest BCUT2D eigenvalue weighted by Crippen LogP contribution is 2.43. The van der Waals surface area contributed by atoms with Crippen molar-refractivity contribution in [3.63, 3.8) is 0 Å². The Hall–Kier alpha value is -0.780. The van der Waals surface area contributed by atoms with E-state index < -0.39 is 12.0 Å². The van der Waals surface area contributed by atoms with Gasteiger partial charge >= 0.3 is 12.3 Å². The summed E-state index contributed by atoms with van der Waals surface area (Å²) in [5, 5.41) is 0. The molecule has 0 amide bonds. The Balaban J connectivity index is 0.000000362. The molecule has 0 N–H and O–H groups in total. The summed E-state index contributed by atoms with van der Waals surface area (Å²) in [6, 6.07) is 0. The van der Waals surface area contributed by atoms with Crippen molar-refractivity contribution < 1.29 is 27.4 Å². The maximum absolute atomic E-state index is 11.7. The lowest BCUT2D eigenvalue weighted by atomic mass is 9.73. The van der Waals surface area contributed by atoms with E-state index in [0.717, 1.165) is 0 Å². The Morgan fingerprint density at radius 2 is 1.63 bits per heavy atom. The van der Waals surface area contributed by atoms with Crippen molar-refractivity contribution in [3.05, 3.63) is 0 Å². The van der Waals surface area contributed by atoms with Crippen molar-refractivity contribution in [3.8, 4) is 0 Å². The summed E-state index contributed by atoms with van der Waals surface area (Å²) in [6.07, 6.45) is -3.46. The minimum absolute atomic E-state index is 0.225.